The zero-order valence-electron chi connectivity index (χ0n) is 11.4. The molecule has 2 heterocycles. The number of nitrogens with one attached hydrogen (secondary N) is 1. The third kappa shape index (κ3) is 2.94. The van der Waals surface area contributed by atoms with Crippen molar-refractivity contribution in [3.05, 3.63) is 10.9 Å². The maximum Gasteiger partial charge on any atom is 0.240 e. The van der Waals surface area contributed by atoms with E-state index < -0.39 is 0 Å². The topological polar surface area (TPSA) is 76.3 Å². The number of ether oxygens (including phenoxy) is 1. The van der Waals surface area contributed by atoms with Crippen LogP contribution < -0.4 is 16.2 Å². The van der Waals surface area contributed by atoms with Gasteiger partial charge in [-0.05, 0) is 12.5 Å². The number of methoxy groups -OCH3 is 1. The average molecular weight is 281 g/mol. The van der Waals surface area contributed by atoms with Crippen LogP contribution in [0.25, 0.3) is 10.2 Å². The number of nitrogen functional groups attached to an aromatic ring is 1. The third-order valence-corrected chi connectivity index (χ3v) is 4.07. The van der Waals surface area contributed by atoms with Crippen molar-refractivity contribution >= 4 is 33.3 Å². The summed E-state index contributed by atoms with van der Waals surface area (Å²) in [4.78, 5) is 13.2. The highest BCUT2D eigenvalue weighted by molar-refractivity contribution is 7.18. The molecule has 0 unspecified atom stereocenters. The summed E-state index contributed by atoms with van der Waals surface area (Å²) in [7, 11) is 3.68. The number of nitrogens with zero attached hydrogens (tertiary/aromatic N) is 3. The van der Waals surface area contributed by atoms with E-state index in [1.165, 1.54) is 4.88 Å². The van der Waals surface area contributed by atoms with E-state index in [0.717, 1.165) is 29.0 Å². The van der Waals surface area contributed by atoms with Gasteiger partial charge in [-0.1, -0.05) is 6.92 Å². The lowest BCUT2D eigenvalue weighted by Gasteiger charge is -2.18. The molecule has 6 nitrogen and oxygen atoms in total. The molecule has 2 aromatic heterocycles. The highest BCUT2D eigenvalue weighted by atomic mass is 32.1. The molecule has 0 saturated heterocycles. The highest BCUT2D eigenvalue weighted by Gasteiger charge is 2.14. The summed E-state index contributed by atoms with van der Waals surface area (Å²) >= 11 is 1.68. The lowest BCUT2D eigenvalue weighted by molar-refractivity contribution is 0.206. The summed E-state index contributed by atoms with van der Waals surface area (Å²) < 4.78 is 5.11. The van der Waals surface area contributed by atoms with Crippen molar-refractivity contribution in [2.24, 2.45) is 5.84 Å². The van der Waals surface area contributed by atoms with E-state index in [2.05, 4.69) is 33.3 Å². The van der Waals surface area contributed by atoms with Crippen LogP contribution >= 0.6 is 11.3 Å². The summed E-state index contributed by atoms with van der Waals surface area (Å²) in [5.74, 6) is 6.76. The number of aryl methyl sites for hydroxylation is 1. The molecule has 0 aliphatic heterocycles. The van der Waals surface area contributed by atoms with Gasteiger partial charge in [0.25, 0.3) is 0 Å². The standard InChI is InChI=1S/C12H19N5OS/c1-4-8-7-9-10(17(2)5-6-18-3)14-12(16-13)15-11(9)19-8/h7H,4-6,13H2,1-3H3,(H,14,15,16). The van der Waals surface area contributed by atoms with E-state index in [1.807, 2.05) is 7.05 Å². The molecule has 0 atom stereocenters. The Kier molecular flexibility index (Phi) is 4.52. The molecule has 3 N–H and O–H groups in total. The Labute approximate surface area is 116 Å². The van der Waals surface area contributed by atoms with Gasteiger partial charge in [0, 0.05) is 25.6 Å². The van der Waals surface area contributed by atoms with Crippen molar-refractivity contribution in [1.29, 1.82) is 0 Å². The first-order valence-electron chi connectivity index (χ1n) is 6.16. The Bertz CT molecular complexity index is 556. The predicted molar refractivity (Wildman–Crippen MR) is 79.7 cm³/mol. The maximum atomic E-state index is 5.44. The van der Waals surface area contributed by atoms with Gasteiger partial charge >= 0.3 is 0 Å². The van der Waals surface area contributed by atoms with Crippen LogP contribution in [0.4, 0.5) is 11.8 Å². The molecule has 2 rings (SSSR count). The van der Waals surface area contributed by atoms with Crippen molar-refractivity contribution in [2.75, 3.05) is 37.6 Å². The summed E-state index contributed by atoms with van der Waals surface area (Å²) in [6.07, 6.45) is 0.994. The van der Waals surface area contributed by atoms with E-state index in [4.69, 9.17) is 10.6 Å². The fraction of sp³-hybridized carbons (Fsp3) is 0.500. The van der Waals surface area contributed by atoms with Crippen LogP contribution in [0.2, 0.25) is 0 Å². The molecule has 0 saturated carbocycles. The molecule has 0 amide bonds. The fourth-order valence-corrected chi connectivity index (χ4v) is 2.78. The van der Waals surface area contributed by atoms with Crippen molar-refractivity contribution in [2.45, 2.75) is 13.3 Å². The highest BCUT2D eigenvalue weighted by Crippen LogP contribution is 2.31. The number of rotatable bonds is 6. The van der Waals surface area contributed by atoms with E-state index >= 15 is 0 Å². The number of aromatic nitrogens is 2. The van der Waals surface area contributed by atoms with Gasteiger partial charge in [-0.15, -0.1) is 11.3 Å². The minimum absolute atomic E-state index is 0.441. The third-order valence-electron chi connectivity index (χ3n) is 2.89. The quantitative estimate of drug-likeness (QED) is 0.619. The molecule has 0 radical (unpaired) electrons. The summed E-state index contributed by atoms with van der Waals surface area (Å²) in [6, 6.07) is 2.15. The molecule has 2 aromatic rings. The van der Waals surface area contributed by atoms with Crippen molar-refractivity contribution in [3.8, 4) is 0 Å². The molecule has 19 heavy (non-hydrogen) atoms. The van der Waals surface area contributed by atoms with Gasteiger partial charge < -0.3 is 9.64 Å². The van der Waals surface area contributed by atoms with E-state index in [1.54, 1.807) is 18.4 Å². The molecule has 0 aliphatic rings. The molecule has 7 heteroatoms. The van der Waals surface area contributed by atoms with Gasteiger partial charge in [0.1, 0.15) is 10.6 Å². The fourth-order valence-electron chi connectivity index (χ4n) is 1.82. The molecule has 0 bridgehead atoms. The number of thiophene rings is 1. The zero-order valence-corrected chi connectivity index (χ0v) is 12.3. The van der Waals surface area contributed by atoms with Gasteiger partial charge in [0.05, 0.1) is 12.0 Å². The molecule has 0 spiro atoms. The SMILES string of the molecule is CCc1cc2c(N(C)CCOC)nc(NN)nc2s1. The first kappa shape index (κ1) is 14.0. The number of hydrogen-bond donors (Lipinski definition) is 2. The van der Waals surface area contributed by atoms with E-state index in [-0.39, 0.29) is 0 Å². The second-order valence-corrected chi connectivity index (χ2v) is 5.33. The summed E-state index contributed by atoms with van der Waals surface area (Å²) in [5.41, 5.74) is 2.52. The van der Waals surface area contributed by atoms with E-state index in [0.29, 0.717) is 12.6 Å². The van der Waals surface area contributed by atoms with Gasteiger partial charge in [0.2, 0.25) is 5.95 Å². The first-order valence-corrected chi connectivity index (χ1v) is 6.98. The number of likely N-dealkylation sites (N-methyl/N-ethyl adjacent to an activating group) is 1. The molecular weight excluding hydrogens is 262 g/mol. The van der Waals surface area contributed by atoms with E-state index in [9.17, 15) is 0 Å². The largest absolute Gasteiger partial charge is 0.383 e. The van der Waals surface area contributed by atoms with Crippen molar-refractivity contribution in [3.63, 3.8) is 0 Å². The number of nitrogens with two attached hydrogens (primary N) is 1. The number of hydrazine groups is 1. The minimum atomic E-state index is 0.441. The van der Waals surface area contributed by atoms with Crippen molar-refractivity contribution in [1.82, 2.24) is 9.97 Å². The van der Waals surface area contributed by atoms with Crippen LogP contribution in [-0.4, -0.2) is 37.3 Å². The Hall–Kier alpha value is -1.44. The maximum absolute atomic E-state index is 5.44. The molecule has 0 aliphatic carbocycles. The monoisotopic (exact) mass is 281 g/mol. The number of fused-ring (bicyclic) bond motifs is 1. The number of hydrogen-bond acceptors (Lipinski definition) is 7. The normalized spacial score (nSPS) is 10.9. The van der Waals surface area contributed by atoms with Crippen LogP contribution in [0.15, 0.2) is 6.07 Å². The zero-order chi connectivity index (χ0) is 13.8. The van der Waals surface area contributed by atoms with Crippen LogP contribution in [-0.2, 0) is 11.2 Å². The van der Waals surface area contributed by atoms with Crippen LogP contribution in [0, 0.1) is 0 Å². The Morgan fingerprint density at radius 3 is 2.89 bits per heavy atom. The second kappa shape index (κ2) is 6.14. The second-order valence-electron chi connectivity index (χ2n) is 4.21. The summed E-state index contributed by atoms with van der Waals surface area (Å²) in [6.45, 7) is 3.55. The average Bonchev–Trinajstić information content (AvgIpc) is 2.86. The molecule has 0 aromatic carbocycles. The Morgan fingerprint density at radius 1 is 1.47 bits per heavy atom. The lowest BCUT2D eigenvalue weighted by Crippen LogP contribution is -2.24. The lowest BCUT2D eigenvalue weighted by atomic mass is 10.3. The van der Waals surface area contributed by atoms with Gasteiger partial charge in [0.15, 0.2) is 0 Å². The van der Waals surface area contributed by atoms with Crippen LogP contribution in [0.3, 0.4) is 0 Å². The van der Waals surface area contributed by atoms with Crippen LogP contribution in [0.1, 0.15) is 11.8 Å². The smallest absolute Gasteiger partial charge is 0.240 e. The van der Waals surface area contributed by atoms with Crippen LogP contribution in [0.5, 0.6) is 0 Å². The predicted octanol–water partition coefficient (Wildman–Crippen LogP) is 1.62. The Morgan fingerprint density at radius 2 is 2.26 bits per heavy atom. The molecule has 104 valence electrons. The summed E-state index contributed by atoms with van der Waals surface area (Å²) in [5, 5.41) is 1.07. The Balaban J connectivity index is 2.46. The van der Waals surface area contributed by atoms with Crippen molar-refractivity contribution < 1.29 is 4.74 Å². The van der Waals surface area contributed by atoms with Gasteiger partial charge in [-0.2, -0.15) is 4.98 Å². The van der Waals surface area contributed by atoms with Gasteiger partial charge in [-0.25, -0.2) is 10.8 Å². The minimum Gasteiger partial charge on any atom is -0.383 e. The molecular formula is C12H19N5OS. The first-order chi connectivity index (χ1) is 9.19. The number of anilines is 2. The molecule has 0 fully saturated rings. The van der Waals surface area contributed by atoms with Gasteiger partial charge in [-0.3, -0.25) is 5.43 Å².